The van der Waals surface area contributed by atoms with Gasteiger partial charge in [0, 0.05) is 61.2 Å². The third kappa shape index (κ3) is 2.67. The van der Waals surface area contributed by atoms with Crippen molar-refractivity contribution in [1.29, 1.82) is 0 Å². The van der Waals surface area contributed by atoms with E-state index in [-0.39, 0.29) is 5.91 Å². The maximum absolute atomic E-state index is 13.4. The van der Waals surface area contributed by atoms with Crippen molar-refractivity contribution in [3.8, 4) is 22.8 Å². The number of carbonyl (C=O) groups excluding carboxylic acids is 1. The Morgan fingerprint density at radius 2 is 2.00 bits per heavy atom. The van der Waals surface area contributed by atoms with E-state index in [1.807, 2.05) is 59.2 Å². The molecule has 0 saturated carbocycles. The smallest absolute Gasteiger partial charge is 0.256 e. The van der Waals surface area contributed by atoms with Crippen LogP contribution in [-0.2, 0) is 12.6 Å². The summed E-state index contributed by atoms with van der Waals surface area (Å²) >= 11 is 0. The highest BCUT2D eigenvalue weighted by molar-refractivity contribution is 6.07. The Bertz CT molecular complexity index is 1340. The van der Waals surface area contributed by atoms with Gasteiger partial charge >= 0.3 is 0 Å². The fourth-order valence-corrected chi connectivity index (χ4v) is 5.12. The van der Waals surface area contributed by atoms with Crippen LogP contribution in [0.2, 0.25) is 0 Å². The van der Waals surface area contributed by atoms with Gasteiger partial charge in [0.15, 0.2) is 0 Å². The molecular weight excluding hydrogens is 404 g/mol. The number of likely N-dealkylation sites (tertiary alicyclic amines) is 1. The van der Waals surface area contributed by atoms with E-state index < -0.39 is 5.60 Å². The zero-order chi connectivity index (χ0) is 21.9. The van der Waals surface area contributed by atoms with E-state index >= 15 is 0 Å². The van der Waals surface area contributed by atoms with Crippen LogP contribution in [0.3, 0.4) is 0 Å². The maximum Gasteiger partial charge on any atom is 0.256 e. The number of piperidine rings is 1. The first kappa shape index (κ1) is 19.0. The van der Waals surface area contributed by atoms with E-state index in [0.717, 1.165) is 52.1 Å². The number of hydrogen-bond donors (Lipinski definition) is 1. The van der Waals surface area contributed by atoms with E-state index in [4.69, 9.17) is 9.47 Å². The highest BCUT2D eigenvalue weighted by Crippen LogP contribution is 2.49. The average molecular weight is 428 g/mol. The molecule has 162 valence electrons. The third-order valence-electron chi connectivity index (χ3n) is 6.85. The molecule has 2 aromatic heterocycles. The van der Waals surface area contributed by atoms with Crippen molar-refractivity contribution >= 4 is 16.8 Å². The van der Waals surface area contributed by atoms with Gasteiger partial charge in [0.25, 0.3) is 5.91 Å². The largest absolute Gasteiger partial charge is 0.497 e. The van der Waals surface area contributed by atoms with Gasteiger partial charge in [-0.1, -0.05) is 12.1 Å². The second-order valence-electron chi connectivity index (χ2n) is 8.53. The summed E-state index contributed by atoms with van der Waals surface area (Å²) in [5.41, 5.74) is 4.43. The first-order chi connectivity index (χ1) is 15.6. The summed E-state index contributed by atoms with van der Waals surface area (Å²) in [4.78, 5) is 18.5. The van der Waals surface area contributed by atoms with Crippen molar-refractivity contribution in [1.82, 2.24) is 19.7 Å². The summed E-state index contributed by atoms with van der Waals surface area (Å²) < 4.78 is 13.9. The van der Waals surface area contributed by atoms with Crippen molar-refractivity contribution in [3.05, 3.63) is 66.0 Å². The number of fused-ring (bicyclic) bond motifs is 5. The number of aromatic amines is 1. The lowest BCUT2D eigenvalue weighted by atomic mass is 9.81. The molecule has 32 heavy (non-hydrogen) atoms. The number of amides is 1. The van der Waals surface area contributed by atoms with Crippen LogP contribution in [0, 0.1) is 0 Å². The number of aromatic nitrogens is 3. The van der Waals surface area contributed by atoms with Gasteiger partial charge in [0.2, 0.25) is 0 Å². The normalized spacial score (nSPS) is 16.5. The van der Waals surface area contributed by atoms with Crippen LogP contribution >= 0.6 is 0 Å². The molecule has 2 aliphatic heterocycles. The van der Waals surface area contributed by atoms with Crippen molar-refractivity contribution < 1.29 is 14.3 Å². The fourth-order valence-electron chi connectivity index (χ4n) is 5.12. The quantitative estimate of drug-likeness (QED) is 0.522. The summed E-state index contributed by atoms with van der Waals surface area (Å²) in [5.74, 6) is 1.65. The first-order valence-corrected chi connectivity index (χ1v) is 10.8. The molecule has 4 heterocycles. The van der Waals surface area contributed by atoms with Gasteiger partial charge in [-0.05, 0) is 30.3 Å². The molecule has 4 aromatic rings. The van der Waals surface area contributed by atoms with Crippen molar-refractivity contribution in [2.24, 2.45) is 7.05 Å². The molecule has 1 fully saturated rings. The molecule has 0 radical (unpaired) electrons. The molecular formula is C25H24N4O3. The molecule has 1 saturated heterocycles. The number of methoxy groups -OCH3 is 1. The number of nitrogens with zero attached hydrogens (tertiary/aromatic N) is 3. The molecule has 0 unspecified atom stereocenters. The molecule has 6 rings (SSSR count). The van der Waals surface area contributed by atoms with Gasteiger partial charge in [-0.15, -0.1) is 0 Å². The minimum atomic E-state index is -0.460. The Hall–Kier alpha value is -3.74. The van der Waals surface area contributed by atoms with Crippen molar-refractivity contribution in [2.75, 3.05) is 20.2 Å². The van der Waals surface area contributed by atoms with Gasteiger partial charge in [-0.25, -0.2) is 0 Å². The van der Waals surface area contributed by atoms with E-state index in [9.17, 15) is 4.79 Å². The highest BCUT2D eigenvalue weighted by Gasteiger charge is 2.46. The van der Waals surface area contributed by atoms with Gasteiger partial charge in [-0.3, -0.25) is 9.48 Å². The minimum Gasteiger partial charge on any atom is -0.497 e. The number of rotatable bonds is 2. The second-order valence-corrected chi connectivity index (χ2v) is 8.53. The number of ether oxygens (including phenoxy) is 2. The summed E-state index contributed by atoms with van der Waals surface area (Å²) in [5, 5.41) is 5.41. The Balaban J connectivity index is 1.30. The summed E-state index contributed by atoms with van der Waals surface area (Å²) in [6.45, 7) is 1.23. The summed E-state index contributed by atoms with van der Waals surface area (Å²) in [7, 11) is 3.60. The van der Waals surface area contributed by atoms with Crippen LogP contribution in [0.1, 0.15) is 28.8 Å². The number of hydrogen-bond acceptors (Lipinski definition) is 4. The fraction of sp³-hybridized carbons (Fsp3) is 0.280. The van der Waals surface area contributed by atoms with Crippen molar-refractivity contribution in [3.63, 3.8) is 0 Å². The Kier molecular flexibility index (Phi) is 4.08. The predicted octanol–water partition coefficient (Wildman–Crippen LogP) is 4.10. The van der Waals surface area contributed by atoms with E-state index in [1.54, 1.807) is 13.3 Å². The number of aryl methyl sites for hydroxylation is 1. The third-order valence-corrected chi connectivity index (χ3v) is 6.85. The van der Waals surface area contributed by atoms with Crippen LogP contribution in [0.15, 0.2) is 54.9 Å². The SMILES string of the molecule is COc1ccc2[nH]cc(C(=O)N3CCC4(CC3)Oc3ccccc3-c3c4cnn3C)c2c1. The zero-order valence-corrected chi connectivity index (χ0v) is 18.1. The highest BCUT2D eigenvalue weighted by atomic mass is 16.5. The Labute approximate surface area is 185 Å². The first-order valence-electron chi connectivity index (χ1n) is 10.8. The van der Waals surface area contributed by atoms with Crippen LogP contribution in [0.4, 0.5) is 0 Å². The van der Waals surface area contributed by atoms with E-state index in [1.165, 1.54) is 0 Å². The average Bonchev–Trinajstić information content (AvgIpc) is 3.43. The lowest BCUT2D eigenvalue weighted by molar-refractivity contribution is -0.00166. The molecule has 7 nitrogen and oxygen atoms in total. The van der Waals surface area contributed by atoms with Crippen molar-refractivity contribution in [2.45, 2.75) is 18.4 Å². The molecule has 0 aliphatic carbocycles. The zero-order valence-electron chi connectivity index (χ0n) is 18.1. The lowest BCUT2D eigenvalue weighted by Crippen LogP contribution is -2.49. The molecule has 2 aromatic carbocycles. The summed E-state index contributed by atoms with van der Waals surface area (Å²) in [6, 6.07) is 13.9. The van der Waals surface area contributed by atoms with Crippen LogP contribution in [0.5, 0.6) is 11.5 Å². The lowest BCUT2D eigenvalue weighted by Gasteiger charge is -2.44. The standard InChI is InChI=1S/C25H24N4O3/c1-28-23-17-5-3-4-6-22(17)32-25(20(23)15-27-28)9-11-29(12-10-25)24(30)19-14-26-21-8-7-16(31-2)13-18(19)21/h3-8,13-15,26H,9-12H2,1-2H3. The topological polar surface area (TPSA) is 72.4 Å². The predicted molar refractivity (Wildman–Crippen MR) is 121 cm³/mol. The molecule has 1 spiro atoms. The van der Waals surface area contributed by atoms with Crippen LogP contribution in [-0.4, -0.2) is 45.8 Å². The Morgan fingerprint density at radius 3 is 2.81 bits per heavy atom. The molecule has 7 heteroatoms. The van der Waals surface area contributed by atoms with Gasteiger partial charge in [0.1, 0.15) is 17.1 Å². The van der Waals surface area contributed by atoms with E-state index in [2.05, 4.69) is 16.1 Å². The molecule has 1 amide bonds. The van der Waals surface area contributed by atoms with Gasteiger partial charge in [0.05, 0.1) is 24.6 Å². The monoisotopic (exact) mass is 428 g/mol. The molecule has 0 bridgehead atoms. The number of para-hydroxylation sites is 1. The maximum atomic E-state index is 13.4. The van der Waals surface area contributed by atoms with Crippen LogP contribution in [0.25, 0.3) is 22.2 Å². The molecule has 1 N–H and O–H groups in total. The second kappa shape index (κ2) is 6.88. The van der Waals surface area contributed by atoms with Crippen LogP contribution < -0.4 is 9.47 Å². The summed E-state index contributed by atoms with van der Waals surface area (Å²) in [6.07, 6.45) is 5.16. The molecule has 2 aliphatic rings. The minimum absolute atomic E-state index is 0.0296. The Morgan fingerprint density at radius 1 is 1.19 bits per heavy atom. The molecule has 0 atom stereocenters. The van der Waals surface area contributed by atoms with E-state index in [0.29, 0.717) is 18.7 Å². The number of nitrogens with one attached hydrogen (secondary N) is 1. The number of benzene rings is 2. The van der Waals surface area contributed by atoms with Gasteiger partial charge < -0.3 is 19.4 Å². The number of H-pyrrole nitrogens is 1. The number of carbonyl (C=O) groups is 1. The van der Waals surface area contributed by atoms with Gasteiger partial charge in [-0.2, -0.15) is 5.10 Å².